The Bertz CT molecular complexity index is 865. The highest BCUT2D eigenvalue weighted by molar-refractivity contribution is 7.89. The predicted octanol–water partition coefficient (Wildman–Crippen LogP) is 3.25. The summed E-state index contributed by atoms with van der Waals surface area (Å²) in [6.45, 7) is 6.10. The van der Waals surface area contributed by atoms with Crippen LogP contribution in [0.1, 0.15) is 32.6 Å². The fourth-order valence-electron chi connectivity index (χ4n) is 2.57. The second kappa shape index (κ2) is 9.36. The molecule has 1 aromatic heterocycles. The minimum atomic E-state index is -3.72. The molecule has 1 heterocycles. The van der Waals surface area contributed by atoms with Crippen LogP contribution >= 0.6 is 11.6 Å². The lowest BCUT2D eigenvalue weighted by atomic mass is 10.2. The summed E-state index contributed by atoms with van der Waals surface area (Å²) in [5, 5.41) is 5.84. The zero-order chi connectivity index (χ0) is 20.0. The number of carbonyl (C=O) groups excluding carboxylic acids is 1. The smallest absolute Gasteiger partial charge is 0.244 e. The molecule has 0 radical (unpaired) electrons. The third kappa shape index (κ3) is 5.32. The van der Waals surface area contributed by atoms with Crippen LogP contribution in [0.4, 0.5) is 5.69 Å². The Labute approximate surface area is 164 Å². The summed E-state index contributed by atoms with van der Waals surface area (Å²) in [6.07, 6.45) is 1.57. The molecule has 148 valence electrons. The van der Waals surface area contributed by atoms with Gasteiger partial charge in [0.05, 0.1) is 23.9 Å². The van der Waals surface area contributed by atoms with Crippen LogP contribution in [0.5, 0.6) is 0 Å². The molecule has 9 heteroatoms. The van der Waals surface area contributed by atoms with Gasteiger partial charge in [-0.3, -0.25) is 10.1 Å². The summed E-state index contributed by atoms with van der Waals surface area (Å²) < 4.78 is 32.0. The maximum Gasteiger partial charge on any atom is 0.244 e. The number of anilines is 1. The van der Waals surface area contributed by atoms with Crippen molar-refractivity contribution in [2.24, 2.45) is 0 Å². The molecule has 0 aliphatic heterocycles. The van der Waals surface area contributed by atoms with E-state index in [9.17, 15) is 13.2 Å². The van der Waals surface area contributed by atoms with Crippen LogP contribution in [0, 0.1) is 0 Å². The molecule has 0 bridgehead atoms. The van der Waals surface area contributed by atoms with Gasteiger partial charge in [0, 0.05) is 18.8 Å². The lowest BCUT2D eigenvalue weighted by Crippen LogP contribution is -2.31. The Kier molecular flexibility index (Phi) is 7.43. The second-order valence-corrected chi connectivity index (χ2v) is 8.21. The molecule has 0 aliphatic rings. The Hall–Kier alpha value is -1.87. The molecule has 27 heavy (non-hydrogen) atoms. The lowest BCUT2D eigenvalue weighted by molar-refractivity contribution is -0.115. The molecule has 0 fully saturated rings. The van der Waals surface area contributed by atoms with E-state index in [1.54, 1.807) is 32.2 Å². The molecule has 2 rings (SSSR count). The number of amides is 1. The van der Waals surface area contributed by atoms with Gasteiger partial charge in [0.1, 0.15) is 10.7 Å². The summed E-state index contributed by atoms with van der Waals surface area (Å²) in [7, 11) is -3.72. The van der Waals surface area contributed by atoms with Crippen molar-refractivity contribution < 1.29 is 17.6 Å². The van der Waals surface area contributed by atoms with E-state index in [1.165, 1.54) is 16.4 Å². The maximum atomic E-state index is 12.7. The van der Waals surface area contributed by atoms with Crippen LogP contribution in [0.15, 0.2) is 45.9 Å². The van der Waals surface area contributed by atoms with Crippen LogP contribution in [0.25, 0.3) is 0 Å². The van der Waals surface area contributed by atoms with Crippen molar-refractivity contribution in [2.45, 2.75) is 31.7 Å². The molecular formula is C18H24ClN3O4S. The van der Waals surface area contributed by atoms with E-state index in [2.05, 4.69) is 10.6 Å². The second-order valence-electron chi connectivity index (χ2n) is 5.90. The number of rotatable bonds is 9. The number of nitrogens with one attached hydrogen (secondary N) is 2. The monoisotopic (exact) mass is 413 g/mol. The summed E-state index contributed by atoms with van der Waals surface area (Å²) in [5.74, 6) is 0.420. The molecule has 1 amide bonds. The topological polar surface area (TPSA) is 91.7 Å². The molecular weight excluding hydrogens is 390 g/mol. The van der Waals surface area contributed by atoms with Gasteiger partial charge in [-0.25, -0.2) is 8.42 Å². The van der Waals surface area contributed by atoms with Crippen LogP contribution in [0.3, 0.4) is 0 Å². The molecule has 1 aromatic carbocycles. The average molecular weight is 414 g/mol. The van der Waals surface area contributed by atoms with Gasteiger partial charge >= 0.3 is 0 Å². The van der Waals surface area contributed by atoms with Gasteiger partial charge in [-0.2, -0.15) is 4.31 Å². The zero-order valence-electron chi connectivity index (χ0n) is 15.5. The van der Waals surface area contributed by atoms with E-state index in [0.29, 0.717) is 18.8 Å². The Morgan fingerprint density at radius 3 is 2.56 bits per heavy atom. The van der Waals surface area contributed by atoms with Crippen LogP contribution < -0.4 is 10.6 Å². The number of sulfonamides is 1. The highest BCUT2D eigenvalue weighted by Crippen LogP contribution is 2.27. The van der Waals surface area contributed by atoms with Gasteiger partial charge in [0.25, 0.3) is 0 Å². The number of benzene rings is 1. The van der Waals surface area contributed by atoms with Crippen LogP contribution in [0.2, 0.25) is 5.02 Å². The minimum Gasteiger partial charge on any atom is -0.468 e. The van der Waals surface area contributed by atoms with E-state index in [-0.39, 0.29) is 28.4 Å². The summed E-state index contributed by atoms with van der Waals surface area (Å²) in [6, 6.07) is 7.88. The summed E-state index contributed by atoms with van der Waals surface area (Å²) in [4.78, 5) is 12.2. The van der Waals surface area contributed by atoms with Crippen molar-refractivity contribution in [1.29, 1.82) is 0 Å². The van der Waals surface area contributed by atoms with Gasteiger partial charge in [0.2, 0.25) is 15.9 Å². The third-order valence-corrected chi connectivity index (χ3v) is 6.61. The number of furan rings is 1. The van der Waals surface area contributed by atoms with E-state index in [0.717, 1.165) is 5.76 Å². The number of hydrogen-bond acceptors (Lipinski definition) is 5. The Morgan fingerprint density at radius 1 is 1.26 bits per heavy atom. The van der Waals surface area contributed by atoms with Gasteiger partial charge < -0.3 is 9.73 Å². The molecule has 0 unspecified atom stereocenters. The number of hydrogen-bond donors (Lipinski definition) is 2. The fraction of sp³-hybridized carbons (Fsp3) is 0.389. The molecule has 2 N–H and O–H groups in total. The van der Waals surface area contributed by atoms with Crippen molar-refractivity contribution in [2.75, 3.05) is 25.0 Å². The van der Waals surface area contributed by atoms with Gasteiger partial charge in [-0.05, 0) is 37.3 Å². The van der Waals surface area contributed by atoms with Crippen LogP contribution in [-0.4, -0.2) is 38.3 Å². The number of nitrogens with zero attached hydrogens (tertiary/aromatic N) is 1. The van der Waals surface area contributed by atoms with Gasteiger partial charge in [0.15, 0.2) is 0 Å². The van der Waals surface area contributed by atoms with Crippen molar-refractivity contribution in [1.82, 2.24) is 9.62 Å². The first-order chi connectivity index (χ1) is 12.8. The fourth-order valence-corrected chi connectivity index (χ4v) is 4.53. The number of carbonyl (C=O) groups is 1. The SMILES string of the molecule is CCN(CC)S(=O)(=O)c1cc(NC(=O)CN[C@@H](C)c2ccco2)ccc1Cl. The first-order valence-corrected chi connectivity index (χ1v) is 10.5. The lowest BCUT2D eigenvalue weighted by Gasteiger charge is -2.20. The zero-order valence-corrected chi connectivity index (χ0v) is 17.1. The molecule has 0 spiro atoms. The largest absolute Gasteiger partial charge is 0.468 e. The van der Waals surface area contributed by atoms with Crippen molar-refractivity contribution in [3.8, 4) is 0 Å². The molecule has 7 nitrogen and oxygen atoms in total. The molecule has 2 aromatic rings. The normalized spacial score (nSPS) is 12.9. The van der Waals surface area contributed by atoms with Crippen molar-refractivity contribution >= 4 is 33.2 Å². The number of halogens is 1. The molecule has 0 aliphatic carbocycles. The average Bonchev–Trinajstić information content (AvgIpc) is 3.16. The summed E-state index contributed by atoms with van der Waals surface area (Å²) in [5.41, 5.74) is 0.364. The predicted molar refractivity (Wildman–Crippen MR) is 105 cm³/mol. The minimum absolute atomic E-state index is 0.0254. The van der Waals surface area contributed by atoms with Crippen molar-refractivity contribution in [3.05, 3.63) is 47.4 Å². The standard InChI is InChI=1S/C18H24ClN3O4S/c1-4-22(5-2)27(24,25)17-11-14(8-9-15(17)19)21-18(23)12-20-13(3)16-7-6-10-26-16/h6-11,13,20H,4-5,12H2,1-3H3,(H,21,23)/t13-/m0/s1. The quantitative estimate of drug-likeness (QED) is 0.658. The molecule has 1 atom stereocenters. The highest BCUT2D eigenvalue weighted by Gasteiger charge is 2.25. The first kappa shape index (κ1) is 21.4. The summed E-state index contributed by atoms with van der Waals surface area (Å²) >= 11 is 6.09. The first-order valence-electron chi connectivity index (χ1n) is 8.65. The van der Waals surface area contributed by atoms with E-state index in [4.69, 9.17) is 16.0 Å². The Morgan fingerprint density at radius 2 is 1.96 bits per heavy atom. The van der Waals surface area contributed by atoms with E-state index >= 15 is 0 Å². The molecule has 0 saturated carbocycles. The van der Waals surface area contributed by atoms with E-state index in [1.807, 2.05) is 13.0 Å². The highest BCUT2D eigenvalue weighted by atomic mass is 35.5. The Balaban J connectivity index is 2.08. The maximum absolute atomic E-state index is 12.7. The van der Waals surface area contributed by atoms with E-state index < -0.39 is 10.0 Å². The molecule has 0 saturated heterocycles. The van der Waals surface area contributed by atoms with Gasteiger partial charge in [-0.1, -0.05) is 25.4 Å². The van der Waals surface area contributed by atoms with Crippen LogP contribution in [-0.2, 0) is 14.8 Å². The van der Waals surface area contributed by atoms with Gasteiger partial charge in [-0.15, -0.1) is 0 Å². The third-order valence-electron chi connectivity index (χ3n) is 4.08. The van der Waals surface area contributed by atoms with Crippen molar-refractivity contribution in [3.63, 3.8) is 0 Å².